The largest absolute Gasteiger partial charge is 0.462 e. The summed E-state index contributed by atoms with van der Waals surface area (Å²) in [7, 11) is 0. The zero-order valence-corrected chi connectivity index (χ0v) is 44.7. The summed E-state index contributed by atoms with van der Waals surface area (Å²) >= 11 is 0. The highest BCUT2D eigenvalue weighted by molar-refractivity contribution is 5.71. The van der Waals surface area contributed by atoms with Gasteiger partial charge in [0.1, 0.15) is 13.2 Å². The lowest BCUT2D eigenvalue weighted by Gasteiger charge is -2.18. The number of hydrogen-bond donors (Lipinski definition) is 0. The number of rotatable bonds is 53. The van der Waals surface area contributed by atoms with Crippen LogP contribution in [0.1, 0.15) is 303 Å². The van der Waals surface area contributed by atoms with Crippen LogP contribution in [0, 0.1) is 0 Å². The molecule has 1 unspecified atom stereocenters. The Morgan fingerprint density at radius 3 is 0.851 bits per heavy atom. The fourth-order valence-corrected chi connectivity index (χ4v) is 8.39. The molecule has 0 radical (unpaired) electrons. The average Bonchev–Trinajstić information content (AvgIpc) is 3.33. The van der Waals surface area contributed by atoms with Gasteiger partial charge < -0.3 is 14.2 Å². The molecule has 0 heterocycles. The average molecular weight is 940 g/mol. The normalized spacial score (nSPS) is 12.3. The number of allylic oxidation sites excluding steroid dienone is 8. The first-order valence-corrected chi connectivity index (χ1v) is 29.1. The standard InChI is InChI=1S/C61H110O6/c1-4-7-10-13-16-19-22-25-27-28-29-30-31-32-33-34-35-37-39-42-45-48-51-54-60(63)66-57-58(56-65-59(62)53-50-47-44-41-38-24-21-18-15-12-9-6-3)67-61(64)55-52-49-46-43-40-36-26-23-20-17-14-11-8-5-2/h22-23,25-26,28-29,31-32,58H,4-21,24,27,30,33-57H2,1-3H3/b25-22-,26-23-,29-28-,32-31-. The molecule has 0 aromatic heterocycles. The van der Waals surface area contributed by atoms with E-state index in [-0.39, 0.29) is 31.1 Å². The van der Waals surface area contributed by atoms with E-state index in [0.29, 0.717) is 19.3 Å². The third-order valence-corrected chi connectivity index (χ3v) is 12.8. The van der Waals surface area contributed by atoms with Gasteiger partial charge in [-0.1, -0.05) is 249 Å². The molecule has 0 aliphatic rings. The lowest BCUT2D eigenvalue weighted by molar-refractivity contribution is -0.167. The van der Waals surface area contributed by atoms with Gasteiger partial charge in [-0.3, -0.25) is 14.4 Å². The van der Waals surface area contributed by atoms with Crippen LogP contribution in [0.4, 0.5) is 0 Å². The second kappa shape index (κ2) is 56.0. The Bertz CT molecular complexity index is 1170. The van der Waals surface area contributed by atoms with Crippen molar-refractivity contribution in [3.05, 3.63) is 48.6 Å². The molecular weight excluding hydrogens is 829 g/mol. The second-order valence-corrected chi connectivity index (χ2v) is 19.6. The lowest BCUT2D eigenvalue weighted by Crippen LogP contribution is -2.30. The summed E-state index contributed by atoms with van der Waals surface area (Å²) < 4.78 is 16.8. The Hall–Kier alpha value is -2.63. The molecule has 6 heteroatoms. The molecule has 0 spiro atoms. The first-order chi connectivity index (χ1) is 33.0. The lowest BCUT2D eigenvalue weighted by atomic mass is 10.0. The summed E-state index contributed by atoms with van der Waals surface area (Å²) in [5.74, 6) is -0.879. The number of carbonyl (C=O) groups excluding carboxylic acids is 3. The van der Waals surface area contributed by atoms with Crippen molar-refractivity contribution in [3.8, 4) is 0 Å². The van der Waals surface area contributed by atoms with E-state index < -0.39 is 6.10 Å². The third kappa shape index (κ3) is 54.2. The minimum Gasteiger partial charge on any atom is -0.462 e. The molecule has 0 N–H and O–H groups in total. The molecule has 0 rings (SSSR count). The van der Waals surface area contributed by atoms with E-state index >= 15 is 0 Å². The zero-order chi connectivity index (χ0) is 48.6. The molecule has 0 saturated carbocycles. The summed E-state index contributed by atoms with van der Waals surface area (Å²) in [5, 5.41) is 0. The smallest absolute Gasteiger partial charge is 0.306 e. The summed E-state index contributed by atoms with van der Waals surface area (Å²) in [6.45, 7) is 6.63. The van der Waals surface area contributed by atoms with Gasteiger partial charge in [-0.25, -0.2) is 0 Å². The topological polar surface area (TPSA) is 78.9 Å². The van der Waals surface area contributed by atoms with Crippen molar-refractivity contribution < 1.29 is 28.6 Å². The highest BCUT2D eigenvalue weighted by Gasteiger charge is 2.19. The second-order valence-electron chi connectivity index (χ2n) is 19.6. The molecule has 1 atom stereocenters. The predicted octanol–water partition coefficient (Wildman–Crippen LogP) is 19.4. The molecule has 0 saturated heterocycles. The summed E-state index contributed by atoms with van der Waals surface area (Å²) in [6.07, 6.45) is 68.1. The molecule has 0 aromatic rings. The Morgan fingerprint density at radius 2 is 0.537 bits per heavy atom. The quantitative estimate of drug-likeness (QED) is 0.0262. The zero-order valence-electron chi connectivity index (χ0n) is 44.7. The van der Waals surface area contributed by atoms with E-state index in [4.69, 9.17) is 14.2 Å². The maximum absolute atomic E-state index is 12.8. The van der Waals surface area contributed by atoms with Crippen molar-refractivity contribution >= 4 is 17.9 Å². The van der Waals surface area contributed by atoms with Gasteiger partial charge in [-0.15, -0.1) is 0 Å². The van der Waals surface area contributed by atoms with Crippen LogP contribution in [-0.2, 0) is 28.6 Å². The van der Waals surface area contributed by atoms with Crippen LogP contribution in [0.5, 0.6) is 0 Å². The van der Waals surface area contributed by atoms with E-state index in [1.54, 1.807) is 0 Å². The molecule has 0 aromatic carbocycles. The first-order valence-electron chi connectivity index (χ1n) is 29.1. The van der Waals surface area contributed by atoms with Gasteiger partial charge >= 0.3 is 17.9 Å². The minimum atomic E-state index is -0.778. The number of esters is 3. The van der Waals surface area contributed by atoms with Crippen molar-refractivity contribution in [3.63, 3.8) is 0 Å². The predicted molar refractivity (Wildman–Crippen MR) is 289 cm³/mol. The van der Waals surface area contributed by atoms with Crippen LogP contribution in [-0.4, -0.2) is 37.2 Å². The van der Waals surface area contributed by atoms with Crippen LogP contribution in [0.3, 0.4) is 0 Å². The maximum Gasteiger partial charge on any atom is 0.306 e. The Balaban J connectivity index is 4.30. The van der Waals surface area contributed by atoms with Gasteiger partial charge in [0, 0.05) is 19.3 Å². The third-order valence-electron chi connectivity index (χ3n) is 12.8. The van der Waals surface area contributed by atoms with Gasteiger partial charge in [-0.2, -0.15) is 0 Å². The summed E-state index contributed by atoms with van der Waals surface area (Å²) in [4.78, 5) is 38.1. The highest BCUT2D eigenvalue weighted by atomic mass is 16.6. The van der Waals surface area contributed by atoms with E-state index in [0.717, 1.165) is 83.5 Å². The molecule has 6 nitrogen and oxygen atoms in total. The number of ether oxygens (including phenoxy) is 3. The number of unbranched alkanes of at least 4 members (excludes halogenated alkanes) is 34. The molecule has 67 heavy (non-hydrogen) atoms. The molecular formula is C61H110O6. The SMILES string of the molecule is CCCCCCC/C=C\C/C=C\C/C=C\CCCCCCCCCCC(=O)OCC(COC(=O)CCCCCCCCCCCCCC)OC(=O)CCCCCCC/C=C\CCCCCCC. The van der Waals surface area contributed by atoms with E-state index in [9.17, 15) is 14.4 Å². The minimum absolute atomic E-state index is 0.0759. The monoisotopic (exact) mass is 939 g/mol. The summed E-state index contributed by atoms with van der Waals surface area (Å²) in [5.41, 5.74) is 0. The fraction of sp³-hybridized carbons (Fsp3) is 0.820. The first kappa shape index (κ1) is 64.4. The fourth-order valence-electron chi connectivity index (χ4n) is 8.39. The van der Waals surface area contributed by atoms with Gasteiger partial charge in [0.05, 0.1) is 0 Å². The Labute approximate surface area is 416 Å². The molecule has 0 bridgehead atoms. The molecule has 0 aliphatic carbocycles. The van der Waals surface area contributed by atoms with Crippen molar-refractivity contribution in [1.82, 2.24) is 0 Å². The van der Waals surface area contributed by atoms with Crippen molar-refractivity contribution in [2.24, 2.45) is 0 Å². The van der Waals surface area contributed by atoms with E-state index in [1.165, 1.54) is 180 Å². The Kier molecular flexibility index (Phi) is 53.8. The van der Waals surface area contributed by atoms with Crippen molar-refractivity contribution in [2.75, 3.05) is 13.2 Å². The highest BCUT2D eigenvalue weighted by Crippen LogP contribution is 2.16. The van der Waals surface area contributed by atoms with E-state index in [2.05, 4.69) is 69.4 Å². The van der Waals surface area contributed by atoms with Crippen LogP contribution < -0.4 is 0 Å². The van der Waals surface area contributed by atoms with Crippen molar-refractivity contribution in [2.45, 2.75) is 309 Å². The van der Waals surface area contributed by atoms with Crippen molar-refractivity contribution in [1.29, 1.82) is 0 Å². The van der Waals surface area contributed by atoms with E-state index in [1.807, 2.05) is 0 Å². The van der Waals surface area contributed by atoms with Gasteiger partial charge in [0.15, 0.2) is 6.10 Å². The number of hydrogen-bond acceptors (Lipinski definition) is 6. The van der Waals surface area contributed by atoms with Gasteiger partial charge in [0.2, 0.25) is 0 Å². The molecule has 0 aliphatic heterocycles. The molecule has 0 fully saturated rings. The van der Waals surface area contributed by atoms with Gasteiger partial charge in [-0.05, 0) is 83.5 Å². The van der Waals surface area contributed by atoms with Crippen LogP contribution in [0.25, 0.3) is 0 Å². The molecule has 390 valence electrons. The molecule has 0 amide bonds. The summed E-state index contributed by atoms with van der Waals surface area (Å²) in [6, 6.07) is 0. The Morgan fingerprint density at radius 1 is 0.299 bits per heavy atom. The number of carbonyl (C=O) groups is 3. The van der Waals surface area contributed by atoms with Gasteiger partial charge in [0.25, 0.3) is 0 Å². The van der Waals surface area contributed by atoms with Crippen LogP contribution >= 0.6 is 0 Å². The van der Waals surface area contributed by atoms with Crippen LogP contribution in [0.2, 0.25) is 0 Å². The maximum atomic E-state index is 12.8. The van der Waals surface area contributed by atoms with Crippen LogP contribution in [0.15, 0.2) is 48.6 Å².